The molecule has 96 valence electrons. The molecule has 0 fully saturated rings. The number of hydrogen-bond donors (Lipinski definition) is 1. The molecule has 0 aromatic heterocycles. The lowest BCUT2D eigenvalue weighted by Gasteiger charge is -2.10. The van der Waals surface area contributed by atoms with Crippen LogP contribution in [0.5, 0.6) is 0 Å². The quantitative estimate of drug-likeness (QED) is 0.660. The molecule has 0 unspecified atom stereocenters. The number of para-hydroxylation sites is 1. The number of rotatable bonds is 4. The highest BCUT2D eigenvalue weighted by atomic mass is 19.1. The molecule has 18 heavy (non-hydrogen) atoms. The van der Waals surface area contributed by atoms with E-state index in [1.54, 1.807) is 18.2 Å². The fraction of sp³-hybridized carbons (Fsp3) is 0.231. The van der Waals surface area contributed by atoms with E-state index in [9.17, 15) is 14.0 Å². The van der Waals surface area contributed by atoms with Crippen molar-refractivity contribution in [2.24, 2.45) is 0 Å². The molecule has 0 saturated carbocycles. The Hall–Kier alpha value is -2.17. The predicted molar refractivity (Wildman–Crippen MR) is 66.6 cm³/mol. The first-order valence-electron chi connectivity index (χ1n) is 5.30. The third kappa shape index (κ3) is 3.69. The Labute approximate surface area is 104 Å². The van der Waals surface area contributed by atoms with E-state index in [-0.39, 0.29) is 5.91 Å². The van der Waals surface area contributed by atoms with Crippen LogP contribution in [0.3, 0.4) is 0 Å². The average Bonchev–Trinajstić information content (AvgIpc) is 2.36. The lowest BCUT2D eigenvalue weighted by Crippen LogP contribution is -2.09. The fourth-order valence-electron chi connectivity index (χ4n) is 1.42. The average molecular weight is 251 g/mol. The van der Waals surface area contributed by atoms with E-state index in [1.807, 2.05) is 0 Å². The summed E-state index contributed by atoms with van der Waals surface area (Å²) in [5.74, 6) is -0.821. The van der Waals surface area contributed by atoms with Gasteiger partial charge in [-0.2, -0.15) is 0 Å². The molecule has 0 saturated heterocycles. The number of halogens is 1. The van der Waals surface area contributed by atoms with Crippen LogP contribution in [0.25, 0.3) is 6.08 Å². The van der Waals surface area contributed by atoms with Gasteiger partial charge in [0.05, 0.1) is 12.8 Å². The van der Waals surface area contributed by atoms with Gasteiger partial charge in [-0.1, -0.05) is 18.2 Å². The summed E-state index contributed by atoms with van der Waals surface area (Å²) in [5, 5.41) is 2.55. The maximum Gasteiger partial charge on any atom is 0.330 e. The standard InChI is InChI=1S/C13H14FNO3/c1-9(16)15-13-10(6-7-12(17)18-2)4-3-5-11(13)8-14/h3-7H,8H2,1-2H3,(H,15,16)/b7-6+. The van der Waals surface area contributed by atoms with Gasteiger partial charge in [0.1, 0.15) is 6.67 Å². The number of carbonyl (C=O) groups excluding carboxylic acids is 2. The zero-order valence-corrected chi connectivity index (χ0v) is 10.2. The van der Waals surface area contributed by atoms with Gasteiger partial charge < -0.3 is 10.1 Å². The van der Waals surface area contributed by atoms with Crippen molar-refractivity contribution in [2.75, 3.05) is 12.4 Å². The number of anilines is 1. The molecule has 1 amide bonds. The highest BCUT2D eigenvalue weighted by Gasteiger charge is 2.08. The Kier molecular flexibility index (Phi) is 5.05. The number of benzene rings is 1. The van der Waals surface area contributed by atoms with Crippen molar-refractivity contribution in [1.29, 1.82) is 0 Å². The van der Waals surface area contributed by atoms with E-state index in [2.05, 4.69) is 10.1 Å². The number of ether oxygens (including phenoxy) is 1. The van der Waals surface area contributed by atoms with Crippen molar-refractivity contribution in [3.05, 3.63) is 35.4 Å². The van der Waals surface area contributed by atoms with Crippen molar-refractivity contribution in [1.82, 2.24) is 0 Å². The second-order valence-electron chi connectivity index (χ2n) is 3.55. The Bertz CT molecular complexity index is 483. The molecule has 0 radical (unpaired) electrons. The summed E-state index contributed by atoms with van der Waals surface area (Å²) in [6.07, 6.45) is 2.68. The van der Waals surface area contributed by atoms with Gasteiger partial charge >= 0.3 is 5.97 Å². The highest BCUT2D eigenvalue weighted by Crippen LogP contribution is 2.23. The summed E-state index contributed by atoms with van der Waals surface area (Å²) in [7, 11) is 1.26. The third-order valence-corrected chi connectivity index (χ3v) is 2.23. The highest BCUT2D eigenvalue weighted by molar-refractivity contribution is 5.94. The van der Waals surface area contributed by atoms with Gasteiger partial charge in [0.2, 0.25) is 5.91 Å². The largest absolute Gasteiger partial charge is 0.466 e. The Balaban J connectivity index is 3.13. The second-order valence-corrected chi connectivity index (χ2v) is 3.55. The zero-order chi connectivity index (χ0) is 13.5. The summed E-state index contributed by atoms with van der Waals surface area (Å²) >= 11 is 0. The summed E-state index contributed by atoms with van der Waals surface area (Å²) < 4.78 is 17.3. The second kappa shape index (κ2) is 6.54. The van der Waals surface area contributed by atoms with Crippen molar-refractivity contribution in [3.63, 3.8) is 0 Å². The molecule has 1 aromatic carbocycles. The smallest absolute Gasteiger partial charge is 0.330 e. The van der Waals surface area contributed by atoms with Crippen LogP contribution < -0.4 is 5.32 Å². The minimum absolute atomic E-state index is 0.302. The molecule has 0 spiro atoms. The van der Waals surface area contributed by atoms with Crippen LogP contribution in [0.15, 0.2) is 24.3 Å². The SMILES string of the molecule is COC(=O)/C=C/c1cccc(CF)c1NC(C)=O. The molecule has 5 heteroatoms. The van der Waals surface area contributed by atoms with Gasteiger partial charge in [-0.05, 0) is 11.6 Å². The van der Waals surface area contributed by atoms with Gasteiger partial charge in [0.25, 0.3) is 0 Å². The van der Waals surface area contributed by atoms with Crippen LogP contribution in [-0.4, -0.2) is 19.0 Å². The summed E-state index contributed by atoms with van der Waals surface area (Å²) in [4.78, 5) is 22.1. The molecule has 0 heterocycles. The summed E-state index contributed by atoms with van der Waals surface area (Å²) in [6.45, 7) is 0.637. The van der Waals surface area contributed by atoms with Crippen LogP contribution in [0.2, 0.25) is 0 Å². The van der Waals surface area contributed by atoms with Gasteiger partial charge in [-0.3, -0.25) is 4.79 Å². The van der Waals surface area contributed by atoms with E-state index >= 15 is 0 Å². The first-order valence-corrected chi connectivity index (χ1v) is 5.30. The minimum atomic E-state index is -0.699. The molecular formula is C13H14FNO3. The molecule has 0 atom stereocenters. The predicted octanol–water partition coefficient (Wildman–Crippen LogP) is 2.30. The van der Waals surface area contributed by atoms with Crippen LogP contribution in [-0.2, 0) is 21.0 Å². The lowest BCUT2D eigenvalue weighted by atomic mass is 10.1. The van der Waals surface area contributed by atoms with Gasteiger partial charge in [0, 0.05) is 18.6 Å². The van der Waals surface area contributed by atoms with Crippen LogP contribution in [0.4, 0.5) is 10.1 Å². The minimum Gasteiger partial charge on any atom is -0.466 e. The van der Waals surface area contributed by atoms with Gasteiger partial charge in [-0.15, -0.1) is 0 Å². The van der Waals surface area contributed by atoms with E-state index in [4.69, 9.17) is 0 Å². The van der Waals surface area contributed by atoms with Crippen LogP contribution in [0.1, 0.15) is 18.1 Å². The normalized spacial score (nSPS) is 10.4. The molecule has 4 nitrogen and oxygen atoms in total. The van der Waals surface area contributed by atoms with Gasteiger partial charge in [0.15, 0.2) is 0 Å². The Morgan fingerprint density at radius 3 is 2.72 bits per heavy atom. The Morgan fingerprint density at radius 1 is 1.44 bits per heavy atom. The van der Waals surface area contributed by atoms with E-state index in [0.29, 0.717) is 16.8 Å². The van der Waals surface area contributed by atoms with Crippen molar-refractivity contribution in [3.8, 4) is 0 Å². The first-order chi connectivity index (χ1) is 8.58. The number of carbonyl (C=O) groups is 2. The van der Waals surface area contributed by atoms with Crippen molar-refractivity contribution in [2.45, 2.75) is 13.6 Å². The van der Waals surface area contributed by atoms with Crippen LogP contribution in [0, 0.1) is 0 Å². The number of methoxy groups -OCH3 is 1. The summed E-state index contributed by atoms with van der Waals surface area (Å²) in [5.41, 5.74) is 1.27. The van der Waals surface area contributed by atoms with Gasteiger partial charge in [-0.25, -0.2) is 9.18 Å². The van der Waals surface area contributed by atoms with E-state index in [1.165, 1.54) is 26.2 Å². The number of hydrogen-bond acceptors (Lipinski definition) is 3. The topological polar surface area (TPSA) is 55.4 Å². The molecule has 1 aromatic rings. The first kappa shape index (κ1) is 13.9. The maximum atomic E-state index is 12.8. The Morgan fingerprint density at radius 2 is 2.17 bits per heavy atom. The number of amides is 1. The maximum absolute atomic E-state index is 12.8. The van der Waals surface area contributed by atoms with Crippen LogP contribution >= 0.6 is 0 Å². The molecule has 0 aliphatic carbocycles. The van der Waals surface area contributed by atoms with E-state index < -0.39 is 12.6 Å². The third-order valence-electron chi connectivity index (χ3n) is 2.23. The molecule has 0 bridgehead atoms. The number of esters is 1. The molecular weight excluding hydrogens is 237 g/mol. The molecule has 0 aliphatic heterocycles. The monoisotopic (exact) mass is 251 g/mol. The lowest BCUT2D eigenvalue weighted by molar-refractivity contribution is -0.134. The zero-order valence-electron chi connectivity index (χ0n) is 10.2. The van der Waals surface area contributed by atoms with E-state index in [0.717, 1.165) is 0 Å². The van der Waals surface area contributed by atoms with Crippen molar-refractivity contribution >= 4 is 23.6 Å². The number of nitrogens with one attached hydrogen (secondary N) is 1. The molecule has 1 rings (SSSR count). The molecule has 1 N–H and O–H groups in total. The fourth-order valence-corrected chi connectivity index (χ4v) is 1.42. The molecule has 0 aliphatic rings. The summed E-state index contributed by atoms with van der Waals surface area (Å²) in [6, 6.07) is 4.89. The van der Waals surface area contributed by atoms with Crippen molar-refractivity contribution < 1.29 is 18.7 Å². The number of alkyl halides is 1.